The minimum absolute atomic E-state index is 0.122. The Bertz CT molecular complexity index is 557. The van der Waals surface area contributed by atoms with Crippen LogP contribution in [0.2, 0.25) is 0 Å². The number of nitro groups is 1. The molecule has 0 bridgehead atoms. The lowest BCUT2D eigenvalue weighted by Gasteiger charge is -2.29. The normalized spacial score (nSPS) is 18.7. The van der Waals surface area contributed by atoms with Gasteiger partial charge in [0.15, 0.2) is 5.82 Å². The molecule has 0 N–H and O–H groups in total. The van der Waals surface area contributed by atoms with Gasteiger partial charge in [0.25, 0.3) is 0 Å². The van der Waals surface area contributed by atoms with E-state index in [2.05, 4.69) is 5.16 Å². The van der Waals surface area contributed by atoms with Gasteiger partial charge in [-0.05, 0) is 25.7 Å². The van der Waals surface area contributed by atoms with Crippen LogP contribution in [-0.2, 0) is 6.42 Å². The molecule has 0 saturated carbocycles. The van der Waals surface area contributed by atoms with E-state index in [0.717, 1.165) is 32.1 Å². The second kappa shape index (κ2) is 7.07. The zero-order valence-corrected chi connectivity index (χ0v) is 13.4. The number of rotatable bonds is 7. The Morgan fingerprint density at radius 3 is 2.64 bits per heavy atom. The fourth-order valence-electron chi connectivity index (χ4n) is 3.75. The molecule has 1 aromatic rings. The summed E-state index contributed by atoms with van der Waals surface area (Å²) in [5.41, 5.74) is -0.952. The van der Waals surface area contributed by atoms with Crippen LogP contribution in [0, 0.1) is 10.1 Å². The monoisotopic (exact) mass is 311 g/mol. The Labute approximate surface area is 129 Å². The first-order valence-corrected chi connectivity index (χ1v) is 8.25. The molecule has 22 heavy (non-hydrogen) atoms. The SMILES string of the molecule is CCCC(CCC)(CC1CCCCc2noc(=O)n21)[N+](=O)[O-]. The van der Waals surface area contributed by atoms with Crippen LogP contribution < -0.4 is 5.76 Å². The average molecular weight is 311 g/mol. The van der Waals surface area contributed by atoms with Crippen LogP contribution >= 0.6 is 0 Å². The van der Waals surface area contributed by atoms with Crippen LogP contribution in [-0.4, -0.2) is 20.2 Å². The second-order valence-electron chi connectivity index (χ2n) is 6.32. The highest BCUT2D eigenvalue weighted by molar-refractivity contribution is 4.94. The van der Waals surface area contributed by atoms with Gasteiger partial charge in [-0.1, -0.05) is 25.4 Å². The minimum atomic E-state index is -0.952. The molecule has 0 aliphatic carbocycles. The average Bonchev–Trinajstić information content (AvgIpc) is 2.71. The quantitative estimate of drug-likeness (QED) is 0.570. The molecule has 2 rings (SSSR count). The van der Waals surface area contributed by atoms with Crippen LogP contribution in [0.25, 0.3) is 0 Å². The Kier molecular flexibility index (Phi) is 5.37. The fraction of sp³-hybridized carbons (Fsp3) is 0.867. The van der Waals surface area contributed by atoms with Gasteiger partial charge in [0.1, 0.15) is 0 Å². The Hall–Kier alpha value is -1.66. The van der Waals surface area contributed by atoms with Gasteiger partial charge in [-0.2, -0.15) is 0 Å². The van der Waals surface area contributed by atoms with Crippen molar-refractivity contribution in [3.05, 3.63) is 26.5 Å². The first-order chi connectivity index (χ1) is 10.5. The highest BCUT2D eigenvalue weighted by Crippen LogP contribution is 2.36. The number of hydrogen-bond acceptors (Lipinski definition) is 5. The molecule has 0 aromatic carbocycles. The number of hydrogen-bond donors (Lipinski definition) is 0. The number of fused-ring (bicyclic) bond motifs is 1. The smallest absolute Gasteiger partial charge is 0.296 e. The van der Waals surface area contributed by atoms with Crippen molar-refractivity contribution in [1.82, 2.24) is 9.72 Å². The molecule has 7 nitrogen and oxygen atoms in total. The van der Waals surface area contributed by atoms with E-state index in [0.29, 0.717) is 31.5 Å². The predicted molar refractivity (Wildman–Crippen MR) is 81.5 cm³/mol. The van der Waals surface area contributed by atoms with E-state index in [4.69, 9.17) is 4.52 Å². The third kappa shape index (κ3) is 3.23. The minimum Gasteiger partial charge on any atom is -0.296 e. The molecular weight excluding hydrogens is 286 g/mol. The second-order valence-corrected chi connectivity index (χ2v) is 6.32. The molecule has 0 spiro atoms. The van der Waals surface area contributed by atoms with Gasteiger partial charge in [0, 0.05) is 36.6 Å². The fourth-order valence-corrected chi connectivity index (χ4v) is 3.75. The molecule has 0 amide bonds. The summed E-state index contributed by atoms with van der Waals surface area (Å²) in [6, 6.07) is -0.181. The molecule has 0 saturated heterocycles. The van der Waals surface area contributed by atoms with Gasteiger partial charge >= 0.3 is 5.76 Å². The van der Waals surface area contributed by atoms with Crippen molar-refractivity contribution in [3.8, 4) is 0 Å². The lowest BCUT2D eigenvalue weighted by molar-refractivity contribution is -0.575. The van der Waals surface area contributed by atoms with E-state index in [9.17, 15) is 14.9 Å². The topological polar surface area (TPSA) is 91.2 Å². The van der Waals surface area contributed by atoms with Crippen molar-refractivity contribution in [2.24, 2.45) is 0 Å². The van der Waals surface area contributed by atoms with Crippen molar-refractivity contribution in [1.29, 1.82) is 0 Å². The Balaban J connectivity index is 2.34. The molecule has 124 valence electrons. The van der Waals surface area contributed by atoms with Gasteiger partial charge in [-0.15, -0.1) is 0 Å². The highest BCUT2D eigenvalue weighted by atomic mass is 16.6. The zero-order chi connectivity index (χ0) is 16.2. The maximum absolute atomic E-state index is 12.0. The van der Waals surface area contributed by atoms with Crippen molar-refractivity contribution >= 4 is 0 Å². The maximum atomic E-state index is 12.0. The van der Waals surface area contributed by atoms with Gasteiger partial charge in [0.05, 0.1) is 0 Å². The van der Waals surface area contributed by atoms with E-state index >= 15 is 0 Å². The summed E-state index contributed by atoms with van der Waals surface area (Å²) in [7, 11) is 0. The van der Waals surface area contributed by atoms with E-state index in [-0.39, 0.29) is 11.0 Å². The van der Waals surface area contributed by atoms with Gasteiger partial charge in [0.2, 0.25) is 5.54 Å². The molecular formula is C15H25N3O4. The lowest BCUT2D eigenvalue weighted by Crippen LogP contribution is -2.41. The van der Waals surface area contributed by atoms with E-state index in [1.807, 2.05) is 13.8 Å². The molecule has 2 heterocycles. The van der Waals surface area contributed by atoms with Crippen LogP contribution in [0.1, 0.15) is 77.1 Å². The van der Waals surface area contributed by atoms with Gasteiger partial charge in [-0.25, -0.2) is 4.79 Å². The van der Waals surface area contributed by atoms with E-state index in [1.165, 1.54) is 0 Å². The number of aromatic nitrogens is 2. The van der Waals surface area contributed by atoms with Crippen LogP contribution in [0.15, 0.2) is 9.32 Å². The Morgan fingerprint density at radius 1 is 1.36 bits per heavy atom. The Morgan fingerprint density at radius 2 is 2.05 bits per heavy atom. The number of nitrogens with zero attached hydrogens (tertiary/aromatic N) is 3. The van der Waals surface area contributed by atoms with Gasteiger partial charge in [-0.3, -0.25) is 19.2 Å². The molecule has 1 aliphatic rings. The molecule has 0 fully saturated rings. The maximum Gasteiger partial charge on any atom is 0.441 e. The summed E-state index contributed by atoms with van der Waals surface area (Å²) in [6.45, 7) is 3.94. The lowest BCUT2D eigenvalue weighted by atomic mass is 9.82. The molecule has 0 radical (unpaired) electrons. The molecule has 1 aromatic heterocycles. The van der Waals surface area contributed by atoms with Crippen molar-refractivity contribution in [2.45, 2.75) is 83.2 Å². The standard InChI is InChI=1S/C15H25N3O4/c1-3-9-15(10-4-2,18(20)21)11-12-7-5-6-8-13-16-22-14(19)17(12)13/h12H,3-11H2,1-2H3. The summed E-state index contributed by atoms with van der Waals surface area (Å²) in [5, 5.41) is 15.6. The van der Waals surface area contributed by atoms with Crippen molar-refractivity contribution < 1.29 is 9.45 Å². The molecule has 1 atom stereocenters. The van der Waals surface area contributed by atoms with Crippen LogP contribution in [0.5, 0.6) is 0 Å². The third-order valence-corrected chi connectivity index (χ3v) is 4.69. The van der Waals surface area contributed by atoms with Gasteiger partial charge < -0.3 is 0 Å². The summed E-state index contributed by atoms with van der Waals surface area (Å²) in [4.78, 5) is 23.6. The summed E-state index contributed by atoms with van der Waals surface area (Å²) < 4.78 is 6.35. The van der Waals surface area contributed by atoms with E-state index < -0.39 is 11.3 Å². The third-order valence-electron chi connectivity index (χ3n) is 4.69. The largest absolute Gasteiger partial charge is 0.441 e. The molecule has 1 aliphatic heterocycles. The first-order valence-electron chi connectivity index (χ1n) is 8.25. The van der Waals surface area contributed by atoms with Crippen molar-refractivity contribution in [3.63, 3.8) is 0 Å². The van der Waals surface area contributed by atoms with E-state index in [1.54, 1.807) is 4.57 Å². The summed E-state index contributed by atoms with van der Waals surface area (Å²) in [6.07, 6.45) is 6.37. The number of aryl methyl sites for hydroxylation is 1. The molecule has 7 heteroatoms. The first kappa shape index (κ1) is 16.7. The van der Waals surface area contributed by atoms with Crippen molar-refractivity contribution in [2.75, 3.05) is 0 Å². The summed E-state index contributed by atoms with van der Waals surface area (Å²) >= 11 is 0. The van der Waals surface area contributed by atoms with Crippen LogP contribution in [0.3, 0.4) is 0 Å². The summed E-state index contributed by atoms with van der Waals surface area (Å²) in [5.74, 6) is 0.157. The highest BCUT2D eigenvalue weighted by Gasteiger charge is 2.44. The molecule has 1 unspecified atom stereocenters. The van der Waals surface area contributed by atoms with Crippen LogP contribution in [0.4, 0.5) is 0 Å². The predicted octanol–water partition coefficient (Wildman–Crippen LogP) is 3.11. The zero-order valence-electron chi connectivity index (χ0n) is 13.4.